The van der Waals surface area contributed by atoms with Crippen molar-refractivity contribution >= 4 is 11.5 Å². The molecule has 0 radical (unpaired) electrons. The van der Waals surface area contributed by atoms with Gasteiger partial charge in [-0.05, 0) is 19.9 Å². The Labute approximate surface area is 123 Å². The number of pyridine rings is 1. The second kappa shape index (κ2) is 6.74. The van der Waals surface area contributed by atoms with Crippen molar-refractivity contribution in [2.24, 2.45) is 0 Å². The van der Waals surface area contributed by atoms with Crippen molar-refractivity contribution < 1.29 is 9.47 Å². The van der Waals surface area contributed by atoms with Crippen LogP contribution in [0.2, 0.25) is 0 Å². The summed E-state index contributed by atoms with van der Waals surface area (Å²) in [5.41, 5.74) is 7.21. The van der Waals surface area contributed by atoms with E-state index in [2.05, 4.69) is 20.3 Å². The van der Waals surface area contributed by atoms with Crippen molar-refractivity contribution in [1.82, 2.24) is 15.0 Å². The molecule has 0 aliphatic carbocycles. The summed E-state index contributed by atoms with van der Waals surface area (Å²) < 4.78 is 10.7. The molecule has 0 aromatic carbocycles. The van der Waals surface area contributed by atoms with E-state index in [1.807, 2.05) is 26.0 Å². The Balaban J connectivity index is 2.13. The molecule has 0 bridgehead atoms. The van der Waals surface area contributed by atoms with Gasteiger partial charge in [-0.3, -0.25) is 0 Å². The lowest BCUT2D eigenvalue weighted by atomic mass is 10.2. The van der Waals surface area contributed by atoms with E-state index in [4.69, 9.17) is 15.2 Å². The first-order valence-electron chi connectivity index (χ1n) is 6.60. The standard InChI is InChI=1S/C14H19N5O2/c1-9(2)21-13-10(5-4-6-16-13)7-17-12-11(15)14(20-3)19-8-18-12/h4-6,8-9H,7,15H2,1-3H3,(H,17,18,19). The molecule has 7 heteroatoms. The smallest absolute Gasteiger partial charge is 0.242 e. The summed E-state index contributed by atoms with van der Waals surface area (Å²) in [4.78, 5) is 12.3. The fourth-order valence-corrected chi connectivity index (χ4v) is 1.75. The van der Waals surface area contributed by atoms with Crippen molar-refractivity contribution in [2.75, 3.05) is 18.2 Å². The average molecular weight is 289 g/mol. The van der Waals surface area contributed by atoms with E-state index >= 15 is 0 Å². The molecule has 0 aliphatic heterocycles. The van der Waals surface area contributed by atoms with E-state index < -0.39 is 0 Å². The predicted octanol–water partition coefficient (Wildman–Crippen LogP) is 1.86. The van der Waals surface area contributed by atoms with Crippen LogP contribution in [0.3, 0.4) is 0 Å². The van der Waals surface area contributed by atoms with Crippen LogP contribution in [0, 0.1) is 0 Å². The van der Waals surface area contributed by atoms with Crippen molar-refractivity contribution in [3.8, 4) is 11.8 Å². The molecule has 112 valence electrons. The first-order chi connectivity index (χ1) is 10.1. The van der Waals surface area contributed by atoms with Crippen LogP contribution in [-0.4, -0.2) is 28.2 Å². The molecule has 0 unspecified atom stereocenters. The Morgan fingerprint density at radius 2 is 2.05 bits per heavy atom. The number of aromatic nitrogens is 3. The third-order valence-corrected chi connectivity index (χ3v) is 2.68. The van der Waals surface area contributed by atoms with E-state index in [-0.39, 0.29) is 6.10 Å². The number of nitrogens with zero attached hydrogens (tertiary/aromatic N) is 3. The van der Waals surface area contributed by atoms with Crippen LogP contribution in [0.15, 0.2) is 24.7 Å². The Kier molecular flexibility index (Phi) is 4.76. The molecule has 0 fully saturated rings. The lowest BCUT2D eigenvalue weighted by Crippen LogP contribution is -2.12. The minimum atomic E-state index is 0.0582. The summed E-state index contributed by atoms with van der Waals surface area (Å²) in [5, 5.41) is 3.14. The molecular weight excluding hydrogens is 270 g/mol. The van der Waals surface area contributed by atoms with Gasteiger partial charge in [0.15, 0.2) is 5.82 Å². The van der Waals surface area contributed by atoms with Gasteiger partial charge in [-0.2, -0.15) is 4.98 Å². The van der Waals surface area contributed by atoms with Gasteiger partial charge in [0.1, 0.15) is 12.0 Å². The highest BCUT2D eigenvalue weighted by molar-refractivity contribution is 5.66. The first-order valence-corrected chi connectivity index (χ1v) is 6.60. The van der Waals surface area contributed by atoms with Gasteiger partial charge in [0.25, 0.3) is 0 Å². The van der Waals surface area contributed by atoms with Crippen molar-refractivity contribution in [2.45, 2.75) is 26.5 Å². The Hall–Kier alpha value is -2.57. The molecule has 0 spiro atoms. The molecule has 0 amide bonds. The number of nitrogens with one attached hydrogen (secondary N) is 1. The molecule has 0 atom stereocenters. The molecule has 7 nitrogen and oxygen atoms in total. The number of anilines is 2. The topological polar surface area (TPSA) is 95.2 Å². The second-order valence-electron chi connectivity index (χ2n) is 4.63. The summed E-state index contributed by atoms with van der Waals surface area (Å²) in [5.74, 6) is 1.46. The average Bonchev–Trinajstić information content (AvgIpc) is 2.47. The highest BCUT2D eigenvalue weighted by Gasteiger charge is 2.10. The minimum absolute atomic E-state index is 0.0582. The molecule has 2 aromatic heterocycles. The maximum absolute atomic E-state index is 5.92. The largest absolute Gasteiger partial charge is 0.479 e. The fourth-order valence-electron chi connectivity index (χ4n) is 1.75. The zero-order chi connectivity index (χ0) is 15.2. The number of rotatable bonds is 6. The predicted molar refractivity (Wildman–Crippen MR) is 80.3 cm³/mol. The number of hydrogen-bond donors (Lipinski definition) is 2. The van der Waals surface area contributed by atoms with Crippen molar-refractivity contribution in [1.29, 1.82) is 0 Å². The molecule has 0 saturated carbocycles. The molecule has 2 aromatic rings. The molecule has 3 N–H and O–H groups in total. The van der Waals surface area contributed by atoms with Gasteiger partial charge in [-0.25, -0.2) is 9.97 Å². The van der Waals surface area contributed by atoms with Gasteiger partial charge in [-0.15, -0.1) is 0 Å². The molecule has 0 aliphatic rings. The van der Waals surface area contributed by atoms with E-state index in [0.29, 0.717) is 29.8 Å². The maximum atomic E-state index is 5.92. The van der Waals surface area contributed by atoms with Crippen molar-refractivity contribution in [3.63, 3.8) is 0 Å². The quantitative estimate of drug-likeness (QED) is 0.838. The van der Waals surface area contributed by atoms with Crippen LogP contribution in [-0.2, 0) is 6.54 Å². The monoisotopic (exact) mass is 289 g/mol. The van der Waals surface area contributed by atoms with Gasteiger partial charge >= 0.3 is 0 Å². The van der Waals surface area contributed by atoms with E-state index in [1.54, 1.807) is 6.20 Å². The summed E-state index contributed by atoms with van der Waals surface area (Å²) in [6, 6.07) is 3.79. The summed E-state index contributed by atoms with van der Waals surface area (Å²) >= 11 is 0. The molecule has 21 heavy (non-hydrogen) atoms. The van der Waals surface area contributed by atoms with Crippen LogP contribution < -0.4 is 20.5 Å². The highest BCUT2D eigenvalue weighted by atomic mass is 16.5. The molecule has 0 saturated heterocycles. The normalized spacial score (nSPS) is 10.5. The van der Waals surface area contributed by atoms with Crippen LogP contribution in [0.25, 0.3) is 0 Å². The number of ether oxygens (including phenoxy) is 2. The van der Waals surface area contributed by atoms with Crippen LogP contribution in [0.4, 0.5) is 11.5 Å². The van der Waals surface area contributed by atoms with Crippen molar-refractivity contribution in [3.05, 3.63) is 30.2 Å². The third kappa shape index (κ3) is 3.71. The van der Waals surface area contributed by atoms with E-state index in [9.17, 15) is 0 Å². The summed E-state index contributed by atoms with van der Waals surface area (Å²) in [6.07, 6.45) is 3.15. The second-order valence-corrected chi connectivity index (χ2v) is 4.63. The van der Waals surface area contributed by atoms with Gasteiger partial charge in [0, 0.05) is 18.3 Å². The molecule has 2 heterocycles. The number of nitrogen functional groups attached to an aromatic ring is 1. The maximum Gasteiger partial charge on any atom is 0.242 e. The van der Waals surface area contributed by atoms with E-state index in [0.717, 1.165) is 5.56 Å². The fraction of sp³-hybridized carbons (Fsp3) is 0.357. The lowest BCUT2D eigenvalue weighted by Gasteiger charge is -2.14. The molecule has 2 rings (SSSR count). The highest BCUT2D eigenvalue weighted by Crippen LogP contribution is 2.25. The Morgan fingerprint density at radius 1 is 1.24 bits per heavy atom. The van der Waals surface area contributed by atoms with Gasteiger partial charge in [-0.1, -0.05) is 6.07 Å². The lowest BCUT2D eigenvalue weighted by molar-refractivity contribution is 0.230. The van der Waals surface area contributed by atoms with Gasteiger partial charge in [0.05, 0.1) is 13.2 Å². The van der Waals surface area contributed by atoms with Crippen LogP contribution >= 0.6 is 0 Å². The van der Waals surface area contributed by atoms with Gasteiger partial charge in [0.2, 0.25) is 11.8 Å². The van der Waals surface area contributed by atoms with Crippen LogP contribution in [0.1, 0.15) is 19.4 Å². The summed E-state index contributed by atoms with van der Waals surface area (Å²) in [7, 11) is 1.51. The Morgan fingerprint density at radius 3 is 2.76 bits per heavy atom. The Bertz CT molecular complexity index is 604. The zero-order valence-electron chi connectivity index (χ0n) is 12.3. The van der Waals surface area contributed by atoms with E-state index in [1.165, 1.54) is 13.4 Å². The summed E-state index contributed by atoms with van der Waals surface area (Å²) in [6.45, 7) is 4.40. The third-order valence-electron chi connectivity index (χ3n) is 2.68. The number of methoxy groups -OCH3 is 1. The minimum Gasteiger partial charge on any atom is -0.479 e. The van der Waals surface area contributed by atoms with Crippen LogP contribution in [0.5, 0.6) is 11.8 Å². The SMILES string of the molecule is COc1ncnc(NCc2cccnc2OC(C)C)c1N. The van der Waals surface area contributed by atoms with Gasteiger partial charge < -0.3 is 20.5 Å². The molecular formula is C14H19N5O2. The number of hydrogen-bond acceptors (Lipinski definition) is 7. The zero-order valence-corrected chi connectivity index (χ0v) is 12.3. The number of nitrogens with two attached hydrogens (primary N) is 1. The first kappa shape index (κ1) is 14.8.